The average Bonchev–Trinajstić information content (AvgIpc) is 2.42. The highest BCUT2D eigenvalue weighted by Gasteiger charge is 2.24. The van der Waals surface area contributed by atoms with Crippen LogP contribution in [0, 0.1) is 6.92 Å². The van der Waals surface area contributed by atoms with Gasteiger partial charge in [0, 0.05) is 24.3 Å². The molecule has 0 amide bonds. The van der Waals surface area contributed by atoms with Crippen LogP contribution in [0.5, 0.6) is 0 Å². The molecule has 0 aliphatic carbocycles. The van der Waals surface area contributed by atoms with Crippen molar-refractivity contribution in [3.63, 3.8) is 0 Å². The summed E-state index contributed by atoms with van der Waals surface area (Å²) in [5.74, 6) is 0. The molecule has 2 rings (SSSR count). The summed E-state index contributed by atoms with van der Waals surface area (Å²) in [6, 6.07) is 8.00. The highest BCUT2D eigenvalue weighted by atomic mass is 15.2. The maximum atomic E-state index is 3.63. The molecule has 2 unspecified atom stereocenters. The van der Waals surface area contributed by atoms with E-state index in [9.17, 15) is 0 Å². The van der Waals surface area contributed by atoms with Crippen LogP contribution >= 0.6 is 0 Å². The third-order valence-corrected chi connectivity index (χ3v) is 4.32. The molecular formula is C17H28N2. The molecule has 19 heavy (non-hydrogen) atoms. The van der Waals surface area contributed by atoms with Gasteiger partial charge in [-0.1, -0.05) is 24.6 Å². The van der Waals surface area contributed by atoms with Gasteiger partial charge in [0.25, 0.3) is 0 Å². The van der Waals surface area contributed by atoms with E-state index in [1.807, 2.05) is 0 Å². The van der Waals surface area contributed by atoms with Crippen LogP contribution in [-0.4, -0.2) is 25.2 Å². The Hall–Kier alpha value is -1.02. The van der Waals surface area contributed by atoms with Crippen LogP contribution in [0.1, 0.15) is 44.7 Å². The second-order valence-corrected chi connectivity index (χ2v) is 5.91. The molecule has 0 saturated heterocycles. The van der Waals surface area contributed by atoms with Gasteiger partial charge in [0.15, 0.2) is 0 Å². The summed E-state index contributed by atoms with van der Waals surface area (Å²) in [5, 5.41) is 3.63. The van der Waals surface area contributed by atoms with E-state index in [2.05, 4.69) is 56.1 Å². The van der Waals surface area contributed by atoms with E-state index < -0.39 is 0 Å². The van der Waals surface area contributed by atoms with E-state index in [1.54, 1.807) is 0 Å². The second kappa shape index (κ2) is 6.42. The topological polar surface area (TPSA) is 15.3 Å². The van der Waals surface area contributed by atoms with E-state index in [4.69, 9.17) is 0 Å². The molecule has 2 nitrogen and oxygen atoms in total. The molecule has 106 valence electrons. The Balaban J connectivity index is 2.14. The third-order valence-electron chi connectivity index (χ3n) is 4.32. The predicted octanol–water partition coefficient (Wildman–Crippen LogP) is 3.52. The molecule has 0 aromatic heterocycles. The normalized spacial score (nSPS) is 18.0. The van der Waals surface area contributed by atoms with Crippen LogP contribution in [0.2, 0.25) is 0 Å². The molecule has 0 fully saturated rings. The molecule has 0 bridgehead atoms. The second-order valence-electron chi connectivity index (χ2n) is 5.91. The Bertz CT molecular complexity index is 414. The van der Waals surface area contributed by atoms with Crippen LogP contribution in [0.15, 0.2) is 18.2 Å². The van der Waals surface area contributed by atoms with Gasteiger partial charge < -0.3 is 10.2 Å². The first-order chi connectivity index (χ1) is 9.13. The average molecular weight is 260 g/mol. The Morgan fingerprint density at radius 3 is 2.84 bits per heavy atom. The lowest BCUT2D eigenvalue weighted by Gasteiger charge is -2.39. The zero-order valence-corrected chi connectivity index (χ0v) is 12.9. The summed E-state index contributed by atoms with van der Waals surface area (Å²) < 4.78 is 0. The van der Waals surface area contributed by atoms with Gasteiger partial charge in [-0.25, -0.2) is 0 Å². The van der Waals surface area contributed by atoms with Crippen molar-refractivity contribution in [3.8, 4) is 0 Å². The first-order valence-corrected chi connectivity index (χ1v) is 7.73. The van der Waals surface area contributed by atoms with Crippen molar-refractivity contribution < 1.29 is 0 Å². The maximum Gasteiger partial charge on any atom is 0.0412 e. The van der Waals surface area contributed by atoms with Gasteiger partial charge >= 0.3 is 0 Å². The lowest BCUT2D eigenvalue weighted by atomic mass is 9.97. The number of rotatable bonds is 5. The van der Waals surface area contributed by atoms with Crippen molar-refractivity contribution in [2.45, 2.75) is 59.0 Å². The fourth-order valence-electron chi connectivity index (χ4n) is 2.99. The third kappa shape index (κ3) is 3.30. The molecule has 0 spiro atoms. The molecule has 1 aliphatic heterocycles. The standard InChI is InChI=1S/C17H28N2/c1-5-10-18-14(3)15(4)19-11-6-7-16-12-13(2)8-9-17(16)19/h8-9,12,14-15,18H,5-7,10-11H2,1-4H3. The lowest BCUT2D eigenvalue weighted by molar-refractivity contribution is 0.443. The zero-order chi connectivity index (χ0) is 13.8. The van der Waals surface area contributed by atoms with Gasteiger partial charge in [-0.2, -0.15) is 0 Å². The molecule has 1 heterocycles. The summed E-state index contributed by atoms with van der Waals surface area (Å²) in [5.41, 5.74) is 4.36. The minimum absolute atomic E-state index is 0.534. The van der Waals surface area contributed by atoms with Gasteiger partial charge in [0.1, 0.15) is 0 Å². The minimum atomic E-state index is 0.534. The van der Waals surface area contributed by atoms with Crippen LogP contribution in [0.3, 0.4) is 0 Å². The number of anilines is 1. The largest absolute Gasteiger partial charge is 0.367 e. The smallest absolute Gasteiger partial charge is 0.0412 e. The Morgan fingerprint density at radius 2 is 2.11 bits per heavy atom. The van der Waals surface area contributed by atoms with E-state index in [0.29, 0.717) is 12.1 Å². The van der Waals surface area contributed by atoms with Gasteiger partial charge in [-0.3, -0.25) is 0 Å². The quantitative estimate of drug-likeness (QED) is 0.871. The molecule has 1 aromatic carbocycles. The zero-order valence-electron chi connectivity index (χ0n) is 12.9. The highest BCUT2D eigenvalue weighted by Crippen LogP contribution is 2.30. The fourth-order valence-corrected chi connectivity index (χ4v) is 2.99. The SMILES string of the molecule is CCCNC(C)C(C)N1CCCc2cc(C)ccc21. The van der Waals surface area contributed by atoms with Crippen LogP contribution in [0.4, 0.5) is 5.69 Å². The lowest BCUT2D eigenvalue weighted by Crippen LogP contribution is -2.49. The molecule has 1 aliphatic rings. The fraction of sp³-hybridized carbons (Fsp3) is 0.647. The van der Waals surface area contributed by atoms with Crippen molar-refractivity contribution >= 4 is 5.69 Å². The van der Waals surface area contributed by atoms with Gasteiger partial charge in [0.2, 0.25) is 0 Å². The van der Waals surface area contributed by atoms with E-state index in [0.717, 1.165) is 6.54 Å². The van der Waals surface area contributed by atoms with Gasteiger partial charge in [0.05, 0.1) is 0 Å². The molecule has 1 N–H and O–H groups in total. The Morgan fingerprint density at radius 1 is 1.32 bits per heavy atom. The summed E-state index contributed by atoms with van der Waals surface area (Å²) in [6.07, 6.45) is 3.71. The van der Waals surface area contributed by atoms with Crippen molar-refractivity contribution in [3.05, 3.63) is 29.3 Å². The Kier molecular flexibility index (Phi) is 4.87. The van der Waals surface area contributed by atoms with Gasteiger partial charge in [-0.15, -0.1) is 0 Å². The number of hydrogen-bond acceptors (Lipinski definition) is 2. The predicted molar refractivity (Wildman–Crippen MR) is 84.1 cm³/mol. The number of nitrogens with one attached hydrogen (secondary N) is 1. The first-order valence-electron chi connectivity index (χ1n) is 7.73. The Labute approximate surface area is 118 Å². The van der Waals surface area contributed by atoms with Crippen molar-refractivity contribution in [1.29, 1.82) is 0 Å². The van der Waals surface area contributed by atoms with E-state index >= 15 is 0 Å². The van der Waals surface area contributed by atoms with Crippen LogP contribution < -0.4 is 10.2 Å². The summed E-state index contributed by atoms with van der Waals surface area (Å²) in [4.78, 5) is 2.59. The molecule has 2 heteroatoms. The first kappa shape index (κ1) is 14.4. The summed E-state index contributed by atoms with van der Waals surface area (Å²) in [6.45, 7) is 11.4. The summed E-state index contributed by atoms with van der Waals surface area (Å²) >= 11 is 0. The monoisotopic (exact) mass is 260 g/mol. The molecule has 2 atom stereocenters. The minimum Gasteiger partial charge on any atom is -0.367 e. The molecule has 1 aromatic rings. The van der Waals surface area contributed by atoms with Crippen molar-refractivity contribution in [2.75, 3.05) is 18.0 Å². The molecular weight excluding hydrogens is 232 g/mol. The number of nitrogens with zero attached hydrogens (tertiary/aromatic N) is 1. The van der Waals surface area contributed by atoms with E-state index in [-0.39, 0.29) is 0 Å². The highest BCUT2D eigenvalue weighted by molar-refractivity contribution is 5.57. The van der Waals surface area contributed by atoms with E-state index in [1.165, 1.54) is 42.6 Å². The maximum absolute atomic E-state index is 3.63. The van der Waals surface area contributed by atoms with Crippen molar-refractivity contribution in [1.82, 2.24) is 5.32 Å². The van der Waals surface area contributed by atoms with Crippen LogP contribution in [-0.2, 0) is 6.42 Å². The molecule has 0 radical (unpaired) electrons. The van der Waals surface area contributed by atoms with Gasteiger partial charge in [-0.05, 0) is 58.2 Å². The van der Waals surface area contributed by atoms with Crippen molar-refractivity contribution in [2.24, 2.45) is 0 Å². The number of fused-ring (bicyclic) bond motifs is 1. The van der Waals surface area contributed by atoms with Crippen LogP contribution in [0.25, 0.3) is 0 Å². The number of aryl methyl sites for hydroxylation is 2. The molecule has 0 saturated carbocycles. The number of hydrogen-bond donors (Lipinski definition) is 1. The number of benzene rings is 1. The summed E-state index contributed by atoms with van der Waals surface area (Å²) in [7, 11) is 0.